The fraction of sp³-hybridized carbons (Fsp3) is 0.692. The molecule has 0 saturated heterocycles. The van der Waals surface area contributed by atoms with E-state index in [0.29, 0.717) is 11.9 Å². The lowest BCUT2D eigenvalue weighted by Gasteiger charge is -2.24. The van der Waals surface area contributed by atoms with Crippen molar-refractivity contribution in [3.8, 4) is 0 Å². The molecule has 1 rings (SSSR count). The van der Waals surface area contributed by atoms with Crippen LogP contribution in [0.2, 0.25) is 0 Å². The van der Waals surface area contributed by atoms with E-state index in [1.165, 1.54) is 6.20 Å². The molecule has 0 aliphatic carbocycles. The number of nitro groups is 1. The maximum Gasteiger partial charge on any atom is 0.329 e. The first kappa shape index (κ1) is 17.1. The molecule has 0 aliphatic rings. The fourth-order valence-corrected chi connectivity index (χ4v) is 2.12. The van der Waals surface area contributed by atoms with E-state index in [9.17, 15) is 10.1 Å². The van der Waals surface area contributed by atoms with Gasteiger partial charge in [0.1, 0.15) is 6.20 Å². The van der Waals surface area contributed by atoms with Crippen molar-refractivity contribution in [2.24, 2.45) is 5.92 Å². The molecule has 8 nitrogen and oxygen atoms in total. The van der Waals surface area contributed by atoms with E-state index in [2.05, 4.69) is 34.4 Å². The lowest BCUT2D eigenvalue weighted by molar-refractivity contribution is -0.384. The quantitative estimate of drug-likeness (QED) is 0.558. The summed E-state index contributed by atoms with van der Waals surface area (Å²) in [5.74, 6) is 1.09. The second kappa shape index (κ2) is 7.72. The molecule has 0 bridgehead atoms. The molecule has 0 aromatic carbocycles. The van der Waals surface area contributed by atoms with Gasteiger partial charge in [-0.2, -0.15) is 4.98 Å². The van der Waals surface area contributed by atoms with Crippen LogP contribution in [0.15, 0.2) is 6.20 Å². The number of likely N-dealkylation sites (N-methyl/N-ethyl adjacent to an activating group) is 1. The third-order valence-corrected chi connectivity index (χ3v) is 2.87. The van der Waals surface area contributed by atoms with Gasteiger partial charge in [-0.1, -0.05) is 13.8 Å². The number of hydrogen-bond donors (Lipinski definition) is 2. The zero-order valence-corrected chi connectivity index (χ0v) is 13.3. The van der Waals surface area contributed by atoms with Crippen LogP contribution in [-0.4, -0.2) is 53.5 Å². The number of anilines is 2. The van der Waals surface area contributed by atoms with Gasteiger partial charge < -0.3 is 15.5 Å². The molecule has 0 spiro atoms. The van der Waals surface area contributed by atoms with E-state index < -0.39 is 4.92 Å². The Hall–Kier alpha value is -1.96. The largest absolute Gasteiger partial charge is 0.360 e. The average molecular weight is 296 g/mol. The van der Waals surface area contributed by atoms with Crippen LogP contribution in [0.25, 0.3) is 0 Å². The number of nitrogens with one attached hydrogen (secondary N) is 2. The van der Waals surface area contributed by atoms with Gasteiger partial charge in [-0.15, -0.1) is 0 Å². The first-order valence-electron chi connectivity index (χ1n) is 6.94. The van der Waals surface area contributed by atoms with Crippen molar-refractivity contribution in [1.82, 2.24) is 14.9 Å². The van der Waals surface area contributed by atoms with E-state index in [1.807, 2.05) is 19.0 Å². The van der Waals surface area contributed by atoms with E-state index in [-0.39, 0.29) is 17.5 Å². The van der Waals surface area contributed by atoms with Gasteiger partial charge in [0.25, 0.3) is 0 Å². The van der Waals surface area contributed by atoms with Crippen molar-refractivity contribution >= 4 is 17.5 Å². The summed E-state index contributed by atoms with van der Waals surface area (Å²) in [5, 5.41) is 17.1. The van der Waals surface area contributed by atoms with Gasteiger partial charge in [-0.3, -0.25) is 10.1 Å². The molecule has 0 saturated carbocycles. The van der Waals surface area contributed by atoms with Crippen LogP contribution >= 0.6 is 0 Å². The summed E-state index contributed by atoms with van der Waals surface area (Å²) in [5.41, 5.74) is -0.110. The summed E-state index contributed by atoms with van der Waals surface area (Å²) < 4.78 is 0. The number of rotatable bonds is 8. The summed E-state index contributed by atoms with van der Waals surface area (Å²) >= 11 is 0. The molecule has 8 heteroatoms. The molecule has 21 heavy (non-hydrogen) atoms. The molecule has 118 valence electrons. The summed E-state index contributed by atoms with van der Waals surface area (Å²) in [6.45, 7) is 5.02. The van der Waals surface area contributed by atoms with E-state index in [1.54, 1.807) is 7.05 Å². The molecule has 1 aromatic heterocycles. The van der Waals surface area contributed by atoms with Crippen molar-refractivity contribution in [1.29, 1.82) is 0 Å². The molecule has 0 aliphatic heterocycles. The standard InChI is InChI=1S/C13H24N6O2/c1-9(2)6-10(8-18(4)5)16-12-11(19(20)21)7-15-13(14-3)17-12/h7,9-10H,6,8H2,1-5H3,(H2,14,15,16,17). The van der Waals surface area contributed by atoms with Crippen LogP contribution in [-0.2, 0) is 0 Å². The zero-order valence-electron chi connectivity index (χ0n) is 13.3. The number of hydrogen-bond acceptors (Lipinski definition) is 7. The highest BCUT2D eigenvalue weighted by atomic mass is 16.6. The Balaban J connectivity index is 3.02. The number of aromatic nitrogens is 2. The highest BCUT2D eigenvalue weighted by molar-refractivity contribution is 5.57. The highest BCUT2D eigenvalue weighted by Gasteiger charge is 2.21. The van der Waals surface area contributed by atoms with Gasteiger partial charge >= 0.3 is 5.69 Å². The Kier molecular flexibility index (Phi) is 6.29. The van der Waals surface area contributed by atoms with Crippen LogP contribution in [0.5, 0.6) is 0 Å². The second-order valence-corrected chi connectivity index (χ2v) is 5.67. The topological polar surface area (TPSA) is 96.2 Å². The molecule has 1 heterocycles. The lowest BCUT2D eigenvalue weighted by atomic mass is 10.0. The van der Waals surface area contributed by atoms with Crippen molar-refractivity contribution in [2.75, 3.05) is 38.3 Å². The maximum atomic E-state index is 11.1. The van der Waals surface area contributed by atoms with Crippen LogP contribution in [0.1, 0.15) is 20.3 Å². The molecular formula is C13H24N6O2. The van der Waals surface area contributed by atoms with E-state index in [4.69, 9.17) is 0 Å². The van der Waals surface area contributed by atoms with E-state index >= 15 is 0 Å². The third-order valence-electron chi connectivity index (χ3n) is 2.87. The summed E-state index contributed by atoms with van der Waals surface area (Å²) in [4.78, 5) is 20.7. The first-order chi connectivity index (χ1) is 9.83. The Labute approximate surface area is 125 Å². The summed E-state index contributed by atoms with van der Waals surface area (Å²) in [7, 11) is 5.63. The van der Waals surface area contributed by atoms with Crippen LogP contribution < -0.4 is 10.6 Å². The molecule has 1 aromatic rings. The predicted octanol–water partition coefficient (Wildman–Crippen LogP) is 1.81. The van der Waals surface area contributed by atoms with Crippen molar-refractivity contribution in [2.45, 2.75) is 26.3 Å². The van der Waals surface area contributed by atoms with Gasteiger partial charge in [-0.25, -0.2) is 4.98 Å². The Bertz CT molecular complexity index is 468. The van der Waals surface area contributed by atoms with Crippen LogP contribution in [0.3, 0.4) is 0 Å². The minimum atomic E-state index is -0.468. The number of nitrogens with zero attached hydrogens (tertiary/aromatic N) is 4. The fourth-order valence-electron chi connectivity index (χ4n) is 2.12. The molecule has 0 fully saturated rings. The summed E-state index contributed by atoms with van der Waals surface area (Å²) in [6.07, 6.45) is 2.12. The Morgan fingerprint density at radius 1 is 1.43 bits per heavy atom. The highest BCUT2D eigenvalue weighted by Crippen LogP contribution is 2.24. The zero-order chi connectivity index (χ0) is 16.0. The Morgan fingerprint density at radius 2 is 2.10 bits per heavy atom. The lowest BCUT2D eigenvalue weighted by Crippen LogP contribution is -2.34. The van der Waals surface area contributed by atoms with Crippen molar-refractivity contribution in [3.63, 3.8) is 0 Å². The molecule has 0 radical (unpaired) electrons. The van der Waals surface area contributed by atoms with Gasteiger partial charge in [-0.05, 0) is 26.4 Å². The summed E-state index contributed by atoms with van der Waals surface area (Å²) in [6, 6.07) is 0.0818. The predicted molar refractivity (Wildman–Crippen MR) is 83.7 cm³/mol. The van der Waals surface area contributed by atoms with Crippen LogP contribution in [0.4, 0.5) is 17.5 Å². The average Bonchev–Trinajstić information content (AvgIpc) is 2.36. The normalized spacial score (nSPS) is 12.5. The molecule has 2 N–H and O–H groups in total. The minimum Gasteiger partial charge on any atom is -0.360 e. The molecule has 0 amide bonds. The van der Waals surface area contributed by atoms with Gasteiger partial charge in [0.05, 0.1) is 4.92 Å². The maximum absolute atomic E-state index is 11.1. The van der Waals surface area contributed by atoms with Crippen LogP contribution in [0, 0.1) is 16.0 Å². The minimum absolute atomic E-state index is 0.0818. The molecule has 1 atom stereocenters. The monoisotopic (exact) mass is 296 g/mol. The molecule has 1 unspecified atom stereocenters. The second-order valence-electron chi connectivity index (χ2n) is 5.67. The van der Waals surface area contributed by atoms with E-state index in [0.717, 1.165) is 13.0 Å². The van der Waals surface area contributed by atoms with Crippen molar-refractivity contribution in [3.05, 3.63) is 16.3 Å². The SMILES string of the molecule is CNc1ncc([N+](=O)[O-])c(NC(CC(C)C)CN(C)C)n1. The smallest absolute Gasteiger partial charge is 0.329 e. The first-order valence-corrected chi connectivity index (χ1v) is 6.94. The third kappa shape index (κ3) is 5.50. The van der Waals surface area contributed by atoms with Gasteiger partial charge in [0.15, 0.2) is 0 Å². The van der Waals surface area contributed by atoms with Crippen molar-refractivity contribution < 1.29 is 4.92 Å². The molecular weight excluding hydrogens is 272 g/mol. The van der Waals surface area contributed by atoms with Gasteiger partial charge in [0.2, 0.25) is 11.8 Å². The Morgan fingerprint density at radius 3 is 2.57 bits per heavy atom. The van der Waals surface area contributed by atoms with Gasteiger partial charge in [0, 0.05) is 19.6 Å².